The van der Waals surface area contributed by atoms with Crippen LogP contribution in [0.3, 0.4) is 0 Å². The Balaban J connectivity index is 1.97. The number of non-ortho nitro benzene ring substituents is 1. The van der Waals surface area contributed by atoms with E-state index in [1.54, 1.807) is 0 Å². The number of nitro benzene ring substituents is 1. The molecule has 0 radical (unpaired) electrons. The second-order valence-electron chi connectivity index (χ2n) is 6.04. The Kier molecular flexibility index (Phi) is 5.09. The molecule has 10 nitrogen and oxygen atoms in total. The first-order chi connectivity index (χ1) is 12.7. The zero-order valence-electron chi connectivity index (χ0n) is 14.8. The monoisotopic (exact) mass is 394 g/mol. The smallest absolute Gasteiger partial charge is 0.278 e. The number of nitrogens with zero attached hydrogens (tertiary/aromatic N) is 4. The van der Waals surface area contributed by atoms with E-state index in [4.69, 9.17) is 4.74 Å². The van der Waals surface area contributed by atoms with Crippen molar-refractivity contribution in [1.82, 2.24) is 14.1 Å². The largest absolute Gasteiger partial charge is 0.379 e. The number of nitro groups is 1. The van der Waals surface area contributed by atoms with Crippen LogP contribution in [0.5, 0.6) is 0 Å². The van der Waals surface area contributed by atoms with Crippen LogP contribution in [-0.4, -0.2) is 59.6 Å². The van der Waals surface area contributed by atoms with Crippen molar-refractivity contribution in [3.8, 4) is 0 Å². The summed E-state index contributed by atoms with van der Waals surface area (Å²) in [5.41, 5.74) is 0.439. The van der Waals surface area contributed by atoms with Crippen molar-refractivity contribution in [1.29, 1.82) is 0 Å². The lowest BCUT2D eigenvalue weighted by Gasteiger charge is -2.26. The molecule has 0 atom stereocenters. The lowest BCUT2D eigenvalue weighted by Crippen LogP contribution is -2.41. The van der Waals surface area contributed by atoms with Crippen LogP contribution in [0.15, 0.2) is 29.2 Å². The van der Waals surface area contributed by atoms with Gasteiger partial charge in [-0.1, -0.05) is 0 Å². The number of rotatable bonds is 4. The molecule has 0 amide bonds. The van der Waals surface area contributed by atoms with Crippen molar-refractivity contribution in [2.75, 3.05) is 26.3 Å². The van der Waals surface area contributed by atoms with E-state index in [9.17, 15) is 23.3 Å². The zero-order valence-corrected chi connectivity index (χ0v) is 15.6. The predicted molar refractivity (Wildman–Crippen MR) is 94.1 cm³/mol. The molecular formula is C16H18N4O6S. The molecular weight excluding hydrogens is 376 g/mol. The van der Waals surface area contributed by atoms with Crippen molar-refractivity contribution in [3.63, 3.8) is 0 Å². The fourth-order valence-electron chi connectivity index (χ4n) is 2.96. The molecule has 0 N–H and O–H groups in total. The average molecular weight is 394 g/mol. The maximum Gasteiger partial charge on any atom is 0.278 e. The zero-order chi connectivity index (χ0) is 19.8. The van der Waals surface area contributed by atoms with Crippen LogP contribution < -0.4 is 0 Å². The lowest BCUT2D eigenvalue weighted by atomic mass is 10.2. The Labute approximate surface area is 155 Å². The standard InChI is InChI=1S/C16H18N4O6S/c1-11-15(27(24,25)18-7-9-26-10-8-18)12(2)19(17-11)16(21)13-3-5-14(6-4-13)20(22)23/h3-6H,7-10H2,1-2H3. The number of aryl methyl sites for hydroxylation is 1. The molecule has 0 spiro atoms. The van der Waals surface area contributed by atoms with Gasteiger partial charge >= 0.3 is 0 Å². The highest BCUT2D eigenvalue weighted by Gasteiger charge is 2.33. The summed E-state index contributed by atoms with van der Waals surface area (Å²) in [5, 5.41) is 14.8. The Morgan fingerprint density at radius 1 is 1.19 bits per heavy atom. The first kappa shape index (κ1) is 19.1. The van der Waals surface area contributed by atoms with Crippen molar-refractivity contribution in [2.45, 2.75) is 18.7 Å². The van der Waals surface area contributed by atoms with Crippen LogP contribution in [0.1, 0.15) is 21.7 Å². The molecule has 0 bridgehead atoms. The molecule has 2 heterocycles. The summed E-state index contributed by atoms with van der Waals surface area (Å²) in [6.45, 7) is 4.14. The van der Waals surface area contributed by atoms with Crippen molar-refractivity contribution in [2.24, 2.45) is 0 Å². The molecule has 1 aromatic heterocycles. The molecule has 2 aromatic rings. The van der Waals surface area contributed by atoms with Gasteiger partial charge in [0.05, 0.1) is 29.5 Å². The van der Waals surface area contributed by atoms with Gasteiger partial charge in [-0.3, -0.25) is 14.9 Å². The first-order valence-corrected chi connectivity index (χ1v) is 9.60. The van der Waals surface area contributed by atoms with E-state index in [1.165, 1.54) is 42.4 Å². The Bertz CT molecular complexity index is 991. The van der Waals surface area contributed by atoms with Gasteiger partial charge in [0.25, 0.3) is 11.6 Å². The second kappa shape index (κ2) is 7.18. The topological polar surface area (TPSA) is 125 Å². The van der Waals surface area contributed by atoms with Crippen LogP contribution in [-0.2, 0) is 14.8 Å². The van der Waals surface area contributed by atoms with E-state index < -0.39 is 20.9 Å². The molecule has 1 saturated heterocycles. The van der Waals surface area contributed by atoms with Crippen LogP contribution in [0.4, 0.5) is 5.69 Å². The number of hydrogen-bond donors (Lipinski definition) is 0. The highest BCUT2D eigenvalue weighted by molar-refractivity contribution is 7.89. The van der Waals surface area contributed by atoms with Gasteiger partial charge in [-0.2, -0.15) is 14.1 Å². The molecule has 1 aromatic carbocycles. The summed E-state index contributed by atoms with van der Waals surface area (Å²) in [7, 11) is -3.81. The number of sulfonamides is 1. The van der Waals surface area contributed by atoms with Gasteiger partial charge in [-0.15, -0.1) is 0 Å². The molecule has 0 unspecified atom stereocenters. The Morgan fingerprint density at radius 3 is 2.33 bits per heavy atom. The summed E-state index contributed by atoms with van der Waals surface area (Å²) < 4.78 is 33.4. The number of carbonyl (C=O) groups excluding carboxylic acids is 1. The van der Waals surface area contributed by atoms with Crippen LogP contribution in [0.25, 0.3) is 0 Å². The third-order valence-electron chi connectivity index (χ3n) is 4.31. The third kappa shape index (κ3) is 3.48. The summed E-state index contributed by atoms with van der Waals surface area (Å²) in [5.74, 6) is -0.561. The fourth-order valence-corrected chi connectivity index (χ4v) is 4.73. The van der Waals surface area contributed by atoms with Crippen LogP contribution >= 0.6 is 0 Å². The van der Waals surface area contributed by atoms with E-state index in [0.717, 1.165) is 4.68 Å². The summed E-state index contributed by atoms with van der Waals surface area (Å²) in [6, 6.07) is 5.05. The summed E-state index contributed by atoms with van der Waals surface area (Å²) >= 11 is 0. The highest BCUT2D eigenvalue weighted by Crippen LogP contribution is 2.25. The molecule has 11 heteroatoms. The van der Waals surface area contributed by atoms with E-state index in [2.05, 4.69) is 5.10 Å². The normalized spacial score (nSPS) is 15.6. The van der Waals surface area contributed by atoms with Gasteiger partial charge in [0.15, 0.2) is 0 Å². The quantitative estimate of drug-likeness (QED) is 0.562. The second-order valence-corrected chi connectivity index (χ2v) is 7.91. The molecule has 27 heavy (non-hydrogen) atoms. The molecule has 1 fully saturated rings. The minimum Gasteiger partial charge on any atom is -0.379 e. The molecule has 144 valence electrons. The van der Waals surface area contributed by atoms with E-state index >= 15 is 0 Å². The molecule has 0 aliphatic carbocycles. The number of ether oxygens (including phenoxy) is 1. The van der Waals surface area contributed by atoms with Crippen LogP contribution in [0, 0.1) is 24.0 Å². The Morgan fingerprint density at radius 2 is 1.78 bits per heavy atom. The van der Waals surface area contributed by atoms with Gasteiger partial charge in [-0.25, -0.2) is 8.42 Å². The number of morpholine rings is 1. The lowest BCUT2D eigenvalue weighted by molar-refractivity contribution is -0.384. The number of hydrogen-bond acceptors (Lipinski definition) is 7. The van der Waals surface area contributed by atoms with E-state index in [0.29, 0.717) is 13.2 Å². The fraction of sp³-hybridized carbons (Fsp3) is 0.375. The molecule has 0 saturated carbocycles. The predicted octanol–water partition coefficient (Wildman–Crippen LogP) is 1.12. The maximum atomic E-state index is 13.0. The van der Waals surface area contributed by atoms with Crippen molar-refractivity contribution < 1.29 is 22.9 Å². The minimum atomic E-state index is -3.81. The van der Waals surface area contributed by atoms with Gasteiger partial charge in [0.2, 0.25) is 10.0 Å². The highest BCUT2D eigenvalue weighted by atomic mass is 32.2. The number of aromatic nitrogens is 2. The Hall–Kier alpha value is -2.63. The average Bonchev–Trinajstić information content (AvgIpc) is 2.96. The molecule has 1 aliphatic heterocycles. The van der Waals surface area contributed by atoms with Gasteiger partial charge in [0.1, 0.15) is 4.90 Å². The summed E-state index contributed by atoms with van der Waals surface area (Å²) in [6.07, 6.45) is 0. The van der Waals surface area contributed by atoms with Gasteiger partial charge < -0.3 is 4.74 Å². The van der Waals surface area contributed by atoms with E-state index in [-0.39, 0.29) is 40.6 Å². The minimum absolute atomic E-state index is 0.000313. The van der Waals surface area contributed by atoms with Crippen molar-refractivity contribution in [3.05, 3.63) is 51.3 Å². The van der Waals surface area contributed by atoms with E-state index in [1.807, 2.05) is 0 Å². The number of benzene rings is 1. The third-order valence-corrected chi connectivity index (χ3v) is 6.46. The SMILES string of the molecule is Cc1nn(C(=O)c2ccc([N+](=O)[O-])cc2)c(C)c1S(=O)(=O)N1CCOCC1. The first-order valence-electron chi connectivity index (χ1n) is 8.16. The van der Waals surface area contributed by atoms with Gasteiger partial charge in [-0.05, 0) is 26.0 Å². The molecule has 1 aliphatic rings. The van der Waals surface area contributed by atoms with Crippen LogP contribution in [0.2, 0.25) is 0 Å². The summed E-state index contributed by atoms with van der Waals surface area (Å²) in [4.78, 5) is 22.9. The van der Waals surface area contributed by atoms with Crippen molar-refractivity contribution >= 4 is 21.6 Å². The number of carbonyl (C=O) groups is 1. The van der Waals surface area contributed by atoms with Gasteiger partial charge in [0, 0.05) is 30.8 Å². The maximum absolute atomic E-state index is 13.0. The molecule has 3 rings (SSSR count).